The zero-order valence-electron chi connectivity index (χ0n) is 13.3. The van der Waals surface area contributed by atoms with Gasteiger partial charge in [0.15, 0.2) is 0 Å². The van der Waals surface area contributed by atoms with Gasteiger partial charge >= 0.3 is 5.97 Å². The number of nitrogens with one attached hydrogen (secondary N) is 1. The highest BCUT2D eigenvalue weighted by molar-refractivity contribution is 5.75. The Morgan fingerprint density at radius 1 is 1.29 bits per heavy atom. The zero-order valence-corrected chi connectivity index (χ0v) is 13.3. The number of carbonyl (C=O) groups excluding carboxylic acids is 1. The van der Waals surface area contributed by atoms with E-state index in [4.69, 9.17) is 9.47 Å². The number of hydrogen-bond donors (Lipinski definition) is 1. The molecule has 2 atom stereocenters. The highest BCUT2D eigenvalue weighted by Crippen LogP contribution is 2.28. The molecule has 0 heterocycles. The molecule has 0 saturated carbocycles. The Labute approximate surface area is 125 Å². The Morgan fingerprint density at radius 3 is 2.48 bits per heavy atom. The maximum Gasteiger partial charge on any atom is 0.322 e. The maximum absolute atomic E-state index is 14.0. The second-order valence-corrected chi connectivity index (χ2v) is 5.45. The predicted octanol–water partition coefficient (Wildman–Crippen LogP) is 3.07. The Hall–Kier alpha value is -1.62. The third-order valence-corrected chi connectivity index (χ3v) is 3.31. The van der Waals surface area contributed by atoms with Crippen LogP contribution in [0.2, 0.25) is 0 Å². The van der Waals surface area contributed by atoms with E-state index in [0.29, 0.717) is 23.7 Å². The minimum atomic E-state index is -0.477. The molecule has 2 unspecified atom stereocenters. The topological polar surface area (TPSA) is 47.6 Å². The van der Waals surface area contributed by atoms with Crippen molar-refractivity contribution in [1.82, 2.24) is 5.32 Å². The lowest BCUT2D eigenvalue weighted by atomic mass is 10.0. The Kier molecular flexibility index (Phi) is 6.62. The Balaban J connectivity index is 2.96. The molecule has 0 fully saturated rings. The molecule has 1 aromatic rings. The number of ether oxygens (including phenoxy) is 2. The minimum Gasteiger partial charge on any atom is -0.496 e. The van der Waals surface area contributed by atoms with Crippen molar-refractivity contribution in [2.45, 2.75) is 39.3 Å². The smallest absolute Gasteiger partial charge is 0.322 e. The van der Waals surface area contributed by atoms with Crippen molar-refractivity contribution in [3.05, 3.63) is 29.6 Å². The SMILES string of the molecule is COC(=O)C(CC(C)C)NC(C)c1c(F)cccc1OC. The van der Waals surface area contributed by atoms with Gasteiger partial charge in [0.25, 0.3) is 0 Å². The lowest BCUT2D eigenvalue weighted by Gasteiger charge is -2.24. The summed E-state index contributed by atoms with van der Waals surface area (Å²) in [5.41, 5.74) is 0.414. The number of carbonyl (C=O) groups is 1. The van der Waals surface area contributed by atoms with E-state index in [9.17, 15) is 9.18 Å². The van der Waals surface area contributed by atoms with Crippen molar-refractivity contribution in [3.63, 3.8) is 0 Å². The highest BCUT2D eigenvalue weighted by Gasteiger charge is 2.25. The monoisotopic (exact) mass is 297 g/mol. The van der Waals surface area contributed by atoms with Gasteiger partial charge in [0.2, 0.25) is 0 Å². The van der Waals surface area contributed by atoms with E-state index in [1.807, 2.05) is 13.8 Å². The number of halogens is 1. The molecule has 0 saturated heterocycles. The fourth-order valence-electron chi connectivity index (χ4n) is 2.35. The van der Waals surface area contributed by atoms with Crippen LogP contribution >= 0.6 is 0 Å². The van der Waals surface area contributed by atoms with Crippen molar-refractivity contribution in [2.75, 3.05) is 14.2 Å². The van der Waals surface area contributed by atoms with Gasteiger partial charge in [-0.3, -0.25) is 10.1 Å². The third-order valence-electron chi connectivity index (χ3n) is 3.31. The van der Waals surface area contributed by atoms with Crippen LogP contribution in [0.15, 0.2) is 18.2 Å². The molecule has 0 amide bonds. The first kappa shape index (κ1) is 17.4. The molecular formula is C16H24FNO3. The second kappa shape index (κ2) is 7.98. The van der Waals surface area contributed by atoms with Crippen LogP contribution in [0.3, 0.4) is 0 Å². The summed E-state index contributed by atoms with van der Waals surface area (Å²) >= 11 is 0. The van der Waals surface area contributed by atoms with E-state index < -0.39 is 6.04 Å². The Morgan fingerprint density at radius 2 is 1.95 bits per heavy atom. The molecule has 1 N–H and O–H groups in total. The summed E-state index contributed by atoms with van der Waals surface area (Å²) in [6.07, 6.45) is 0.619. The van der Waals surface area contributed by atoms with Crippen molar-refractivity contribution in [3.8, 4) is 5.75 Å². The maximum atomic E-state index is 14.0. The summed E-state index contributed by atoms with van der Waals surface area (Å²) in [6, 6.07) is 3.83. The zero-order chi connectivity index (χ0) is 16.0. The average Bonchev–Trinajstić information content (AvgIpc) is 2.44. The van der Waals surface area contributed by atoms with Crippen LogP contribution in [0, 0.1) is 11.7 Å². The number of hydrogen-bond acceptors (Lipinski definition) is 4. The standard InChI is InChI=1S/C16H24FNO3/c1-10(2)9-13(16(19)21-5)18-11(3)15-12(17)7-6-8-14(15)20-4/h6-8,10-11,13,18H,9H2,1-5H3. The lowest BCUT2D eigenvalue weighted by Crippen LogP contribution is -2.40. The van der Waals surface area contributed by atoms with Crippen LogP contribution in [0.1, 0.15) is 38.8 Å². The van der Waals surface area contributed by atoms with Gasteiger partial charge in [-0.2, -0.15) is 0 Å². The number of esters is 1. The molecule has 118 valence electrons. The van der Waals surface area contributed by atoms with E-state index in [0.717, 1.165) is 0 Å². The van der Waals surface area contributed by atoms with Crippen molar-refractivity contribution >= 4 is 5.97 Å². The van der Waals surface area contributed by atoms with Gasteiger partial charge in [-0.05, 0) is 31.4 Å². The summed E-state index contributed by atoms with van der Waals surface area (Å²) in [7, 11) is 2.85. The average molecular weight is 297 g/mol. The molecule has 1 rings (SSSR count). The first-order chi connectivity index (χ1) is 9.90. The van der Waals surface area contributed by atoms with E-state index in [1.54, 1.807) is 19.1 Å². The van der Waals surface area contributed by atoms with Crippen LogP contribution in [0.4, 0.5) is 4.39 Å². The third kappa shape index (κ3) is 4.70. The van der Waals surface area contributed by atoms with E-state index >= 15 is 0 Å². The minimum absolute atomic E-state index is 0.316. The molecule has 0 radical (unpaired) electrons. The van der Waals surface area contributed by atoms with Gasteiger partial charge < -0.3 is 9.47 Å². The largest absolute Gasteiger partial charge is 0.496 e. The van der Waals surface area contributed by atoms with E-state index in [1.165, 1.54) is 20.3 Å². The number of benzene rings is 1. The van der Waals surface area contributed by atoms with Crippen LogP contribution in [-0.2, 0) is 9.53 Å². The van der Waals surface area contributed by atoms with Crippen LogP contribution in [0.5, 0.6) is 5.75 Å². The van der Waals surface area contributed by atoms with Crippen LogP contribution in [0.25, 0.3) is 0 Å². The van der Waals surface area contributed by atoms with Gasteiger partial charge in [0, 0.05) is 11.6 Å². The molecule has 4 nitrogen and oxygen atoms in total. The molecule has 21 heavy (non-hydrogen) atoms. The first-order valence-electron chi connectivity index (χ1n) is 7.07. The van der Waals surface area contributed by atoms with Crippen molar-refractivity contribution < 1.29 is 18.7 Å². The van der Waals surface area contributed by atoms with Crippen molar-refractivity contribution in [1.29, 1.82) is 0 Å². The molecular weight excluding hydrogens is 273 g/mol. The molecule has 0 bridgehead atoms. The first-order valence-corrected chi connectivity index (χ1v) is 7.07. The lowest BCUT2D eigenvalue weighted by molar-refractivity contribution is -0.143. The summed E-state index contributed by atoms with van der Waals surface area (Å²) in [5, 5.41) is 3.14. The molecule has 0 spiro atoms. The Bertz CT molecular complexity index is 477. The summed E-state index contributed by atoms with van der Waals surface area (Å²) in [6.45, 7) is 5.84. The second-order valence-electron chi connectivity index (χ2n) is 5.45. The van der Waals surface area contributed by atoms with Gasteiger partial charge in [-0.25, -0.2) is 4.39 Å². The van der Waals surface area contributed by atoms with Crippen LogP contribution < -0.4 is 10.1 Å². The predicted molar refractivity (Wildman–Crippen MR) is 79.8 cm³/mol. The fraction of sp³-hybridized carbons (Fsp3) is 0.562. The van der Waals surface area contributed by atoms with E-state index in [2.05, 4.69) is 5.32 Å². The molecule has 0 aliphatic carbocycles. The van der Waals surface area contributed by atoms with Crippen molar-refractivity contribution in [2.24, 2.45) is 5.92 Å². The van der Waals surface area contributed by atoms with E-state index in [-0.39, 0.29) is 17.8 Å². The normalized spacial score (nSPS) is 13.9. The molecule has 5 heteroatoms. The van der Waals surface area contributed by atoms with Crippen LogP contribution in [-0.4, -0.2) is 26.2 Å². The molecule has 0 aliphatic heterocycles. The molecule has 0 aliphatic rings. The van der Waals surface area contributed by atoms with Gasteiger partial charge in [-0.1, -0.05) is 19.9 Å². The quantitative estimate of drug-likeness (QED) is 0.786. The van der Waals surface area contributed by atoms with Gasteiger partial charge in [0.05, 0.1) is 14.2 Å². The summed E-state index contributed by atoms with van der Waals surface area (Å²) in [4.78, 5) is 11.8. The molecule has 1 aromatic carbocycles. The highest BCUT2D eigenvalue weighted by atomic mass is 19.1. The summed E-state index contributed by atoms with van der Waals surface area (Å²) < 4.78 is 24.1. The fourth-order valence-corrected chi connectivity index (χ4v) is 2.35. The summed E-state index contributed by atoms with van der Waals surface area (Å²) in [5.74, 6) is 0.0767. The van der Waals surface area contributed by atoms with Gasteiger partial charge in [-0.15, -0.1) is 0 Å². The number of rotatable bonds is 7. The molecule has 0 aromatic heterocycles. The van der Waals surface area contributed by atoms with Gasteiger partial charge in [0.1, 0.15) is 17.6 Å². The number of methoxy groups -OCH3 is 2.